The minimum Gasteiger partial charge on any atom is -0.437 e. The third kappa shape index (κ3) is 4.61. The van der Waals surface area contributed by atoms with Crippen LogP contribution in [0.5, 0.6) is 11.6 Å². The first-order valence-corrected chi connectivity index (χ1v) is 6.92. The van der Waals surface area contributed by atoms with Gasteiger partial charge in [0.1, 0.15) is 5.75 Å². The van der Waals surface area contributed by atoms with Gasteiger partial charge in [0.25, 0.3) is 0 Å². The second-order valence-corrected chi connectivity index (χ2v) is 5.37. The Hall–Kier alpha value is -1.46. The molecule has 0 aliphatic rings. The van der Waals surface area contributed by atoms with Gasteiger partial charge in [-0.1, -0.05) is 35.8 Å². The maximum absolute atomic E-state index is 5.62. The zero-order chi connectivity index (χ0) is 13.7. The molecule has 0 atom stereocenters. The first-order valence-electron chi connectivity index (χ1n) is 6.13. The van der Waals surface area contributed by atoms with Crippen LogP contribution in [0.25, 0.3) is 0 Å². The monoisotopic (exact) mass is 321 g/mol. The van der Waals surface area contributed by atoms with E-state index in [4.69, 9.17) is 4.74 Å². The molecule has 1 aromatic carbocycles. The van der Waals surface area contributed by atoms with Crippen LogP contribution in [0.2, 0.25) is 0 Å². The molecule has 0 unspecified atom stereocenters. The molecule has 0 aliphatic carbocycles. The Morgan fingerprint density at radius 3 is 2.68 bits per heavy atom. The van der Waals surface area contributed by atoms with Crippen LogP contribution in [0.3, 0.4) is 0 Å². The molecule has 0 aliphatic heterocycles. The van der Waals surface area contributed by atoms with Crippen molar-refractivity contribution in [3.05, 3.63) is 46.6 Å². The van der Waals surface area contributed by atoms with Crippen molar-refractivity contribution in [2.75, 3.05) is 0 Å². The highest BCUT2D eigenvalue weighted by molar-refractivity contribution is 9.10. The quantitative estimate of drug-likeness (QED) is 0.915. The van der Waals surface area contributed by atoms with Gasteiger partial charge in [-0.15, -0.1) is 5.10 Å². The fourth-order valence-corrected chi connectivity index (χ4v) is 1.83. The van der Waals surface area contributed by atoms with E-state index in [1.54, 1.807) is 0 Å². The summed E-state index contributed by atoms with van der Waals surface area (Å²) in [6, 6.07) is 11.8. The average molecular weight is 322 g/mol. The number of halogens is 1. The summed E-state index contributed by atoms with van der Waals surface area (Å²) in [7, 11) is 0. The smallest absolute Gasteiger partial charge is 0.238 e. The molecule has 1 N–H and O–H groups in total. The van der Waals surface area contributed by atoms with Crippen LogP contribution in [0.15, 0.2) is 40.9 Å². The standard InChI is InChI=1S/C14H16BrN3O/c1-10(2)16-9-12-6-7-14(18-17-12)19-13-5-3-4-11(15)8-13/h3-8,10,16H,9H2,1-2H3. The van der Waals surface area contributed by atoms with Gasteiger partial charge in [-0.25, -0.2) is 0 Å². The Morgan fingerprint density at radius 2 is 2.05 bits per heavy atom. The third-order valence-corrected chi connectivity index (χ3v) is 2.90. The average Bonchev–Trinajstić information content (AvgIpc) is 2.38. The Labute approximate surface area is 121 Å². The number of ether oxygens (including phenoxy) is 1. The molecule has 0 saturated carbocycles. The van der Waals surface area contributed by atoms with E-state index < -0.39 is 0 Å². The second-order valence-electron chi connectivity index (χ2n) is 4.46. The number of benzene rings is 1. The van der Waals surface area contributed by atoms with Crippen LogP contribution < -0.4 is 10.1 Å². The lowest BCUT2D eigenvalue weighted by molar-refractivity contribution is 0.452. The normalized spacial score (nSPS) is 10.7. The first kappa shape index (κ1) is 14.0. The summed E-state index contributed by atoms with van der Waals surface area (Å²) in [6.45, 7) is 4.90. The zero-order valence-corrected chi connectivity index (χ0v) is 12.5. The van der Waals surface area contributed by atoms with Crippen molar-refractivity contribution in [3.63, 3.8) is 0 Å². The number of hydrogen-bond donors (Lipinski definition) is 1. The molecule has 0 spiro atoms. The number of rotatable bonds is 5. The summed E-state index contributed by atoms with van der Waals surface area (Å²) in [5, 5.41) is 11.5. The highest BCUT2D eigenvalue weighted by Gasteiger charge is 2.02. The molecule has 1 aromatic heterocycles. The molecule has 19 heavy (non-hydrogen) atoms. The van der Waals surface area contributed by atoms with Crippen molar-refractivity contribution in [1.82, 2.24) is 15.5 Å². The Bertz CT molecular complexity index is 528. The lowest BCUT2D eigenvalue weighted by atomic mass is 10.3. The van der Waals surface area contributed by atoms with Crippen molar-refractivity contribution in [2.24, 2.45) is 0 Å². The molecule has 4 nitrogen and oxygen atoms in total. The van der Waals surface area contributed by atoms with E-state index in [-0.39, 0.29) is 0 Å². The highest BCUT2D eigenvalue weighted by atomic mass is 79.9. The lowest BCUT2D eigenvalue weighted by Crippen LogP contribution is -2.22. The summed E-state index contributed by atoms with van der Waals surface area (Å²) < 4.78 is 6.58. The minimum atomic E-state index is 0.430. The number of aromatic nitrogens is 2. The molecular weight excluding hydrogens is 306 g/mol. The summed E-state index contributed by atoms with van der Waals surface area (Å²) in [4.78, 5) is 0. The van der Waals surface area contributed by atoms with Gasteiger partial charge in [-0.05, 0) is 24.3 Å². The molecule has 0 bridgehead atoms. The topological polar surface area (TPSA) is 47.0 Å². The fraction of sp³-hybridized carbons (Fsp3) is 0.286. The molecule has 0 amide bonds. The summed E-state index contributed by atoms with van der Waals surface area (Å²) in [6.07, 6.45) is 0. The molecule has 0 fully saturated rings. The van der Waals surface area contributed by atoms with Gasteiger partial charge in [-0.3, -0.25) is 0 Å². The van der Waals surface area contributed by atoms with Gasteiger partial charge >= 0.3 is 0 Å². The molecular formula is C14H16BrN3O. The maximum atomic E-state index is 5.62. The Morgan fingerprint density at radius 1 is 1.21 bits per heavy atom. The van der Waals surface area contributed by atoms with E-state index in [0.29, 0.717) is 18.5 Å². The van der Waals surface area contributed by atoms with Gasteiger partial charge in [0.2, 0.25) is 5.88 Å². The van der Waals surface area contributed by atoms with Crippen molar-refractivity contribution in [3.8, 4) is 11.6 Å². The van der Waals surface area contributed by atoms with E-state index >= 15 is 0 Å². The summed E-state index contributed by atoms with van der Waals surface area (Å²) in [5.41, 5.74) is 0.898. The predicted octanol–water partition coefficient (Wildman–Crippen LogP) is 3.53. The van der Waals surface area contributed by atoms with Crippen molar-refractivity contribution >= 4 is 15.9 Å². The molecule has 2 rings (SSSR count). The van der Waals surface area contributed by atoms with E-state index in [1.807, 2.05) is 36.4 Å². The van der Waals surface area contributed by atoms with Crippen LogP contribution in [0, 0.1) is 0 Å². The Balaban J connectivity index is 1.98. The molecule has 0 saturated heterocycles. The van der Waals surface area contributed by atoms with E-state index in [9.17, 15) is 0 Å². The highest BCUT2D eigenvalue weighted by Crippen LogP contribution is 2.22. The van der Waals surface area contributed by atoms with Gasteiger partial charge in [0.15, 0.2) is 0 Å². The molecule has 100 valence electrons. The van der Waals surface area contributed by atoms with E-state index in [2.05, 4.69) is 45.3 Å². The van der Waals surface area contributed by atoms with Crippen molar-refractivity contribution in [1.29, 1.82) is 0 Å². The van der Waals surface area contributed by atoms with Crippen molar-refractivity contribution in [2.45, 2.75) is 26.4 Å². The minimum absolute atomic E-state index is 0.430. The van der Waals surface area contributed by atoms with Crippen molar-refractivity contribution < 1.29 is 4.74 Å². The largest absolute Gasteiger partial charge is 0.437 e. The fourth-order valence-electron chi connectivity index (χ4n) is 1.46. The van der Waals surface area contributed by atoms with E-state index in [1.165, 1.54) is 0 Å². The van der Waals surface area contributed by atoms with Gasteiger partial charge in [0.05, 0.1) is 5.69 Å². The zero-order valence-electron chi connectivity index (χ0n) is 10.9. The molecule has 0 radical (unpaired) electrons. The lowest BCUT2D eigenvalue weighted by Gasteiger charge is -2.08. The molecule has 5 heteroatoms. The van der Waals surface area contributed by atoms with Crippen LogP contribution >= 0.6 is 15.9 Å². The van der Waals surface area contributed by atoms with Crippen LogP contribution in [-0.4, -0.2) is 16.2 Å². The molecule has 1 heterocycles. The number of hydrogen-bond acceptors (Lipinski definition) is 4. The predicted molar refractivity (Wildman–Crippen MR) is 78.2 cm³/mol. The SMILES string of the molecule is CC(C)NCc1ccc(Oc2cccc(Br)c2)nn1. The van der Waals surface area contributed by atoms with Gasteiger partial charge in [-0.2, -0.15) is 5.10 Å². The van der Waals surface area contributed by atoms with Crippen LogP contribution in [0.1, 0.15) is 19.5 Å². The third-order valence-electron chi connectivity index (χ3n) is 2.41. The number of nitrogens with one attached hydrogen (secondary N) is 1. The number of nitrogens with zero attached hydrogens (tertiary/aromatic N) is 2. The van der Waals surface area contributed by atoms with Gasteiger partial charge < -0.3 is 10.1 Å². The van der Waals surface area contributed by atoms with Crippen LogP contribution in [-0.2, 0) is 6.54 Å². The summed E-state index contributed by atoms with van der Waals surface area (Å²) >= 11 is 3.40. The van der Waals surface area contributed by atoms with Crippen LogP contribution in [0.4, 0.5) is 0 Å². The second kappa shape index (κ2) is 6.63. The summed E-state index contributed by atoms with van der Waals surface area (Å²) in [5.74, 6) is 1.23. The van der Waals surface area contributed by atoms with E-state index in [0.717, 1.165) is 15.9 Å². The molecule has 2 aromatic rings. The first-order chi connectivity index (χ1) is 9.13. The Kier molecular flexibility index (Phi) is 4.87. The van der Waals surface area contributed by atoms with Gasteiger partial charge in [0, 0.05) is 23.1 Å². The maximum Gasteiger partial charge on any atom is 0.238 e.